The van der Waals surface area contributed by atoms with Crippen molar-refractivity contribution in [3.05, 3.63) is 33.3 Å². The maximum absolute atomic E-state index is 11.0. The molecule has 1 heterocycles. The first-order valence-electron chi connectivity index (χ1n) is 6.27. The molecule has 1 aliphatic rings. The number of halogens is 1. The van der Waals surface area contributed by atoms with Crippen LogP contribution in [0.2, 0.25) is 5.02 Å². The van der Waals surface area contributed by atoms with Crippen molar-refractivity contribution in [2.24, 2.45) is 0 Å². The normalized spacial score (nSPS) is 31.8. The fourth-order valence-corrected chi connectivity index (χ4v) is 2.29. The molecule has 0 unspecified atom stereocenters. The van der Waals surface area contributed by atoms with Crippen molar-refractivity contribution in [1.82, 2.24) is 0 Å². The SMILES string of the molecule is O=[N+]([O-])c1c(Cl)cccc1O[C@@H]1O[C@H](CO)[C@@H](O)[C@H](O)[C@H]1O. The van der Waals surface area contributed by atoms with Gasteiger partial charge < -0.3 is 29.9 Å². The summed E-state index contributed by atoms with van der Waals surface area (Å²) in [6, 6.07) is 3.93. The highest BCUT2D eigenvalue weighted by atomic mass is 35.5. The Morgan fingerprint density at radius 1 is 1.27 bits per heavy atom. The number of rotatable bonds is 4. The summed E-state index contributed by atoms with van der Waals surface area (Å²) in [5.41, 5.74) is -0.527. The van der Waals surface area contributed by atoms with Crippen LogP contribution >= 0.6 is 11.6 Å². The van der Waals surface area contributed by atoms with Gasteiger partial charge in [-0.15, -0.1) is 0 Å². The van der Waals surface area contributed by atoms with Gasteiger partial charge in [0.2, 0.25) is 12.0 Å². The van der Waals surface area contributed by atoms with E-state index in [1.54, 1.807) is 0 Å². The molecule has 1 fully saturated rings. The summed E-state index contributed by atoms with van der Waals surface area (Å²) >= 11 is 5.73. The minimum atomic E-state index is -1.67. The summed E-state index contributed by atoms with van der Waals surface area (Å²) in [5.74, 6) is -0.276. The van der Waals surface area contributed by atoms with Crippen LogP contribution in [0.15, 0.2) is 18.2 Å². The summed E-state index contributed by atoms with van der Waals surface area (Å²) in [6.07, 6.45) is -7.56. The molecule has 5 atom stereocenters. The van der Waals surface area contributed by atoms with Gasteiger partial charge in [0.15, 0.2) is 0 Å². The molecular weight excluding hydrogens is 322 g/mol. The van der Waals surface area contributed by atoms with Gasteiger partial charge in [0.25, 0.3) is 0 Å². The number of hydrogen-bond acceptors (Lipinski definition) is 8. The van der Waals surface area contributed by atoms with Crippen LogP contribution in [0.3, 0.4) is 0 Å². The van der Waals surface area contributed by atoms with Gasteiger partial charge in [-0.05, 0) is 12.1 Å². The Balaban J connectivity index is 2.27. The lowest BCUT2D eigenvalue weighted by Gasteiger charge is -2.39. The quantitative estimate of drug-likeness (QED) is 0.423. The Hall–Kier alpha value is -1.49. The van der Waals surface area contributed by atoms with Crippen LogP contribution in [0, 0.1) is 10.1 Å². The third kappa shape index (κ3) is 3.14. The number of nitro groups is 1. The minimum absolute atomic E-state index is 0.174. The van der Waals surface area contributed by atoms with Gasteiger partial charge in [0.05, 0.1) is 11.5 Å². The van der Waals surface area contributed by atoms with Crippen molar-refractivity contribution in [3.8, 4) is 5.75 Å². The van der Waals surface area contributed by atoms with Crippen LogP contribution in [0.25, 0.3) is 0 Å². The van der Waals surface area contributed by atoms with E-state index in [1.165, 1.54) is 18.2 Å². The average Bonchev–Trinajstić information content (AvgIpc) is 2.47. The number of benzene rings is 1. The largest absolute Gasteiger partial charge is 0.455 e. The zero-order valence-electron chi connectivity index (χ0n) is 11.1. The predicted octanol–water partition coefficient (Wildman–Crippen LogP) is -0.573. The smallest absolute Gasteiger partial charge is 0.329 e. The molecule has 22 heavy (non-hydrogen) atoms. The Morgan fingerprint density at radius 3 is 2.55 bits per heavy atom. The monoisotopic (exact) mass is 335 g/mol. The first kappa shape index (κ1) is 16.9. The van der Waals surface area contributed by atoms with Gasteiger partial charge in [-0.1, -0.05) is 17.7 Å². The van der Waals surface area contributed by atoms with E-state index in [-0.39, 0.29) is 10.8 Å². The predicted molar refractivity (Wildman–Crippen MR) is 72.5 cm³/mol. The van der Waals surface area contributed by atoms with E-state index in [1.807, 2.05) is 0 Å². The summed E-state index contributed by atoms with van der Waals surface area (Å²) in [6.45, 7) is -0.636. The summed E-state index contributed by atoms with van der Waals surface area (Å²) in [5, 5.41) is 49.0. The highest BCUT2D eigenvalue weighted by Crippen LogP contribution is 2.36. The Bertz CT molecular complexity index is 554. The molecule has 0 saturated carbocycles. The molecule has 1 aromatic rings. The molecule has 0 aliphatic carbocycles. The second-order valence-corrected chi connectivity index (χ2v) is 5.07. The molecule has 1 aliphatic heterocycles. The number of para-hydroxylation sites is 1. The molecule has 4 N–H and O–H groups in total. The highest BCUT2D eigenvalue weighted by molar-refractivity contribution is 6.32. The molecule has 10 heteroatoms. The van der Waals surface area contributed by atoms with E-state index in [0.29, 0.717) is 0 Å². The minimum Gasteiger partial charge on any atom is -0.455 e. The molecule has 122 valence electrons. The van der Waals surface area contributed by atoms with Gasteiger partial charge >= 0.3 is 5.69 Å². The second kappa shape index (κ2) is 6.73. The third-order valence-corrected chi connectivity index (χ3v) is 3.53. The molecule has 0 amide bonds. The zero-order chi connectivity index (χ0) is 16.4. The van der Waals surface area contributed by atoms with Crippen molar-refractivity contribution in [3.63, 3.8) is 0 Å². The number of nitro benzene ring substituents is 1. The molecule has 0 aromatic heterocycles. The van der Waals surface area contributed by atoms with Crippen LogP contribution in [-0.4, -0.2) is 62.7 Å². The summed E-state index contributed by atoms with van der Waals surface area (Å²) in [7, 11) is 0. The maximum Gasteiger partial charge on any atom is 0.329 e. The molecule has 1 saturated heterocycles. The van der Waals surface area contributed by atoms with E-state index in [0.717, 1.165) is 0 Å². The topological polar surface area (TPSA) is 143 Å². The Morgan fingerprint density at radius 2 is 1.95 bits per heavy atom. The van der Waals surface area contributed by atoms with Crippen molar-refractivity contribution < 1.29 is 34.8 Å². The van der Waals surface area contributed by atoms with Gasteiger partial charge in [0, 0.05) is 0 Å². The standard InChI is InChI=1S/C12H14ClNO8/c13-5-2-1-3-6(8(5)14(19)20)21-12-11(18)10(17)9(16)7(4-15)22-12/h1-3,7,9-12,15-18H,4H2/t7-,9-,10+,11-,12-/m1/s1. The molecular formula is C12H14ClNO8. The van der Waals surface area contributed by atoms with Gasteiger partial charge in [-0.25, -0.2) is 0 Å². The third-order valence-electron chi connectivity index (χ3n) is 3.22. The number of aliphatic hydroxyl groups excluding tert-OH is 4. The van der Waals surface area contributed by atoms with E-state index in [2.05, 4.69) is 0 Å². The van der Waals surface area contributed by atoms with E-state index in [9.17, 15) is 25.4 Å². The summed E-state index contributed by atoms with van der Waals surface area (Å²) in [4.78, 5) is 10.2. The molecule has 0 radical (unpaired) electrons. The zero-order valence-corrected chi connectivity index (χ0v) is 11.8. The molecule has 9 nitrogen and oxygen atoms in total. The van der Waals surface area contributed by atoms with Crippen molar-refractivity contribution >= 4 is 17.3 Å². The lowest BCUT2D eigenvalue weighted by Crippen LogP contribution is -2.60. The lowest BCUT2D eigenvalue weighted by molar-refractivity contribution is -0.387. The van der Waals surface area contributed by atoms with E-state index >= 15 is 0 Å². The van der Waals surface area contributed by atoms with Crippen LogP contribution < -0.4 is 4.74 Å². The summed E-state index contributed by atoms with van der Waals surface area (Å²) < 4.78 is 10.3. The second-order valence-electron chi connectivity index (χ2n) is 4.66. The number of hydrogen-bond donors (Lipinski definition) is 4. The Labute approximate surface area is 129 Å². The van der Waals surface area contributed by atoms with Crippen molar-refractivity contribution in [2.45, 2.75) is 30.7 Å². The molecule has 0 spiro atoms. The van der Waals surface area contributed by atoms with Gasteiger partial charge in [-0.3, -0.25) is 10.1 Å². The van der Waals surface area contributed by atoms with Crippen LogP contribution in [0.1, 0.15) is 0 Å². The highest BCUT2D eigenvalue weighted by Gasteiger charge is 2.45. The van der Waals surface area contributed by atoms with Crippen molar-refractivity contribution in [1.29, 1.82) is 0 Å². The Kier molecular flexibility index (Phi) is 5.16. The fourth-order valence-electron chi connectivity index (χ4n) is 2.06. The van der Waals surface area contributed by atoms with E-state index in [4.69, 9.17) is 26.2 Å². The lowest BCUT2D eigenvalue weighted by atomic mass is 9.99. The van der Waals surface area contributed by atoms with Crippen molar-refractivity contribution in [2.75, 3.05) is 6.61 Å². The number of nitrogens with zero attached hydrogens (tertiary/aromatic N) is 1. The first-order chi connectivity index (χ1) is 10.4. The van der Waals surface area contributed by atoms with Gasteiger partial charge in [0.1, 0.15) is 29.4 Å². The maximum atomic E-state index is 11.0. The molecule has 1 aromatic carbocycles. The van der Waals surface area contributed by atoms with E-state index < -0.39 is 47.9 Å². The van der Waals surface area contributed by atoms with Crippen LogP contribution in [0.4, 0.5) is 5.69 Å². The number of ether oxygens (including phenoxy) is 2. The molecule has 2 rings (SSSR count). The number of aliphatic hydroxyl groups is 4. The van der Waals surface area contributed by atoms with Crippen LogP contribution in [-0.2, 0) is 4.74 Å². The average molecular weight is 336 g/mol. The van der Waals surface area contributed by atoms with Crippen LogP contribution in [0.5, 0.6) is 5.75 Å². The van der Waals surface area contributed by atoms with Gasteiger partial charge in [-0.2, -0.15) is 0 Å². The first-order valence-corrected chi connectivity index (χ1v) is 6.64. The molecule has 0 bridgehead atoms. The fraction of sp³-hybridized carbons (Fsp3) is 0.500.